The largest absolute Gasteiger partial charge is 0.314 e. The molecule has 31 heavy (non-hydrogen) atoms. The van der Waals surface area contributed by atoms with E-state index in [4.69, 9.17) is 0 Å². The standard InChI is InChI=1S/C30H35N/c1-6-7-8-9-10-15-25(3)31(27-18-14-23-30(4,5)24(2)21-22-27)29-20-13-17-26-16-11-12-19-28(26)29/h6-8,11-24H,1,9-10H2,2-5H3/b8-7+,22-21-,23-14+,25-15+,27-18+. The maximum absolute atomic E-state index is 3.75. The zero-order valence-electron chi connectivity index (χ0n) is 19.4. The SMILES string of the molecule is C=C/C=C/CC/C=C(\C)N(C1=C/C=C/C(C)(C)C(C)/C=C\1)c1cccc2ccccc12. The van der Waals surface area contributed by atoms with E-state index in [2.05, 4.69) is 124 Å². The van der Waals surface area contributed by atoms with Gasteiger partial charge in [-0.05, 0) is 54.7 Å². The molecule has 0 radical (unpaired) electrons. The first-order valence-electron chi connectivity index (χ1n) is 11.2. The number of allylic oxidation sites excluding steroid dienone is 10. The number of unbranched alkanes of at least 4 members (excludes halogenated alkanes) is 1. The van der Waals surface area contributed by atoms with Crippen molar-refractivity contribution in [3.05, 3.63) is 115 Å². The molecule has 1 atom stereocenters. The fourth-order valence-electron chi connectivity index (χ4n) is 3.85. The van der Waals surface area contributed by atoms with E-state index in [0.717, 1.165) is 12.8 Å². The number of benzene rings is 2. The van der Waals surface area contributed by atoms with Crippen molar-refractivity contribution in [3.63, 3.8) is 0 Å². The van der Waals surface area contributed by atoms with Crippen LogP contribution in [0.4, 0.5) is 5.69 Å². The Morgan fingerprint density at radius 3 is 2.68 bits per heavy atom. The number of hydrogen-bond acceptors (Lipinski definition) is 1. The molecule has 0 aromatic heterocycles. The molecule has 3 rings (SSSR count). The van der Waals surface area contributed by atoms with Gasteiger partial charge in [0.15, 0.2) is 0 Å². The minimum Gasteiger partial charge on any atom is -0.314 e. The van der Waals surface area contributed by atoms with E-state index in [1.54, 1.807) is 0 Å². The number of anilines is 1. The van der Waals surface area contributed by atoms with Gasteiger partial charge in [0.2, 0.25) is 0 Å². The van der Waals surface area contributed by atoms with E-state index in [1.165, 1.54) is 27.9 Å². The summed E-state index contributed by atoms with van der Waals surface area (Å²) in [6, 6.07) is 15.2. The van der Waals surface area contributed by atoms with Crippen LogP contribution in [0.15, 0.2) is 115 Å². The number of rotatable bonds is 7. The molecule has 1 heteroatoms. The maximum Gasteiger partial charge on any atom is 0.0536 e. The summed E-state index contributed by atoms with van der Waals surface area (Å²) < 4.78 is 0. The fourth-order valence-corrected chi connectivity index (χ4v) is 3.85. The zero-order valence-corrected chi connectivity index (χ0v) is 19.4. The molecule has 160 valence electrons. The highest BCUT2D eigenvalue weighted by Gasteiger charge is 2.22. The van der Waals surface area contributed by atoms with Crippen LogP contribution in [0, 0.1) is 11.3 Å². The van der Waals surface area contributed by atoms with Crippen LogP contribution < -0.4 is 4.90 Å². The molecule has 2 aromatic rings. The Kier molecular flexibility index (Phi) is 7.52. The molecular formula is C30H35N. The van der Waals surface area contributed by atoms with Gasteiger partial charge in [-0.3, -0.25) is 0 Å². The van der Waals surface area contributed by atoms with E-state index in [0.29, 0.717) is 5.92 Å². The summed E-state index contributed by atoms with van der Waals surface area (Å²) >= 11 is 0. The average Bonchev–Trinajstić information content (AvgIpc) is 2.76. The summed E-state index contributed by atoms with van der Waals surface area (Å²) in [6.45, 7) is 12.8. The third-order valence-electron chi connectivity index (χ3n) is 6.19. The van der Waals surface area contributed by atoms with Crippen LogP contribution in [0.1, 0.15) is 40.5 Å². The molecule has 1 aliphatic rings. The Hall–Kier alpha value is -3.06. The van der Waals surface area contributed by atoms with Gasteiger partial charge in [-0.15, -0.1) is 0 Å². The van der Waals surface area contributed by atoms with Crippen molar-refractivity contribution in [1.29, 1.82) is 0 Å². The normalized spacial score (nSPS) is 22.4. The molecular weight excluding hydrogens is 374 g/mol. The summed E-state index contributed by atoms with van der Waals surface area (Å²) in [4.78, 5) is 2.39. The second-order valence-electron chi connectivity index (χ2n) is 8.84. The highest BCUT2D eigenvalue weighted by atomic mass is 15.1. The second-order valence-corrected chi connectivity index (χ2v) is 8.84. The molecule has 1 unspecified atom stereocenters. The van der Waals surface area contributed by atoms with Gasteiger partial charge < -0.3 is 4.90 Å². The molecule has 0 N–H and O–H groups in total. The summed E-state index contributed by atoms with van der Waals surface area (Å²) in [5.41, 5.74) is 3.78. The topological polar surface area (TPSA) is 3.24 Å². The minimum atomic E-state index is 0.144. The molecule has 0 bridgehead atoms. The Morgan fingerprint density at radius 1 is 1.10 bits per heavy atom. The van der Waals surface area contributed by atoms with E-state index in [1.807, 2.05) is 12.2 Å². The van der Waals surface area contributed by atoms with Gasteiger partial charge >= 0.3 is 0 Å². The lowest BCUT2D eigenvalue weighted by atomic mass is 9.79. The Morgan fingerprint density at radius 2 is 1.87 bits per heavy atom. The predicted molar refractivity (Wildman–Crippen MR) is 138 cm³/mol. The first kappa shape index (κ1) is 22.6. The minimum absolute atomic E-state index is 0.144. The first-order valence-corrected chi connectivity index (χ1v) is 11.2. The number of fused-ring (bicyclic) bond motifs is 1. The molecule has 2 aromatic carbocycles. The smallest absolute Gasteiger partial charge is 0.0536 e. The number of nitrogens with zero attached hydrogens (tertiary/aromatic N) is 1. The number of hydrogen-bond donors (Lipinski definition) is 0. The molecule has 0 aliphatic heterocycles. The van der Waals surface area contributed by atoms with Crippen LogP contribution in [0.25, 0.3) is 10.8 Å². The monoisotopic (exact) mass is 409 g/mol. The van der Waals surface area contributed by atoms with Crippen molar-refractivity contribution in [3.8, 4) is 0 Å². The van der Waals surface area contributed by atoms with Crippen LogP contribution in [0.2, 0.25) is 0 Å². The highest BCUT2D eigenvalue weighted by molar-refractivity contribution is 5.96. The summed E-state index contributed by atoms with van der Waals surface area (Å²) in [5.74, 6) is 0.454. The van der Waals surface area contributed by atoms with Crippen LogP contribution >= 0.6 is 0 Å². The average molecular weight is 410 g/mol. The van der Waals surface area contributed by atoms with Gasteiger partial charge in [-0.25, -0.2) is 0 Å². The van der Waals surface area contributed by atoms with Crippen molar-refractivity contribution in [2.24, 2.45) is 11.3 Å². The Balaban J connectivity index is 2.08. The van der Waals surface area contributed by atoms with E-state index >= 15 is 0 Å². The maximum atomic E-state index is 3.75. The lowest BCUT2D eigenvalue weighted by Crippen LogP contribution is -2.22. The van der Waals surface area contributed by atoms with Crippen molar-refractivity contribution >= 4 is 16.5 Å². The predicted octanol–water partition coefficient (Wildman–Crippen LogP) is 8.74. The highest BCUT2D eigenvalue weighted by Crippen LogP contribution is 2.35. The van der Waals surface area contributed by atoms with Crippen molar-refractivity contribution in [2.45, 2.75) is 40.5 Å². The molecule has 0 heterocycles. The molecule has 0 fully saturated rings. The van der Waals surface area contributed by atoms with Gasteiger partial charge in [0.1, 0.15) is 0 Å². The molecule has 0 spiro atoms. The second kappa shape index (κ2) is 10.3. The summed E-state index contributed by atoms with van der Waals surface area (Å²) in [6.07, 6.45) is 21.7. The van der Waals surface area contributed by atoms with Crippen LogP contribution in [0.5, 0.6) is 0 Å². The molecule has 0 amide bonds. The van der Waals surface area contributed by atoms with E-state index in [9.17, 15) is 0 Å². The molecule has 1 aliphatic carbocycles. The lowest BCUT2D eigenvalue weighted by molar-refractivity contribution is 0.367. The summed E-state index contributed by atoms with van der Waals surface area (Å²) in [5, 5.41) is 2.52. The molecule has 0 saturated heterocycles. The van der Waals surface area contributed by atoms with Crippen molar-refractivity contribution in [1.82, 2.24) is 0 Å². The van der Waals surface area contributed by atoms with Gasteiger partial charge in [-0.2, -0.15) is 0 Å². The molecule has 1 nitrogen and oxygen atoms in total. The van der Waals surface area contributed by atoms with Crippen molar-refractivity contribution in [2.75, 3.05) is 4.90 Å². The van der Waals surface area contributed by atoms with Crippen LogP contribution in [-0.4, -0.2) is 0 Å². The van der Waals surface area contributed by atoms with E-state index in [-0.39, 0.29) is 5.41 Å². The fraction of sp³-hybridized carbons (Fsp3) is 0.267. The third kappa shape index (κ3) is 5.55. The third-order valence-corrected chi connectivity index (χ3v) is 6.19. The van der Waals surface area contributed by atoms with Gasteiger partial charge in [0, 0.05) is 16.8 Å². The van der Waals surface area contributed by atoms with Crippen LogP contribution in [0.3, 0.4) is 0 Å². The Bertz CT molecular complexity index is 1050. The Labute approximate surface area is 188 Å². The van der Waals surface area contributed by atoms with E-state index < -0.39 is 0 Å². The molecule has 0 saturated carbocycles. The van der Waals surface area contributed by atoms with Gasteiger partial charge in [-0.1, -0.05) is 106 Å². The van der Waals surface area contributed by atoms with Gasteiger partial charge in [0.05, 0.1) is 5.69 Å². The zero-order chi connectivity index (χ0) is 22.3. The first-order chi connectivity index (χ1) is 14.9. The van der Waals surface area contributed by atoms with Crippen LogP contribution in [-0.2, 0) is 0 Å². The summed E-state index contributed by atoms with van der Waals surface area (Å²) in [7, 11) is 0. The quantitative estimate of drug-likeness (QED) is 0.326. The van der Waals surface area contributed by atoms with Gasteiger partial charge in [0.25, 0.3) is 0 Å². The van der Waals surface area contributed by atoms with Crippen molar-refractivity contribution < 1.29 is 0 Å². The lowest BCUT2D eigenvalue weighted by Gasteiger charge is -2.31.